The van der Waals surface area contributed by atoms with Gasteiger partial charge in [-0.2, -0.15) is 0 Å². The highest BCUT2D eigenvalue weighted by Crippen LogP contribution is 2.29. The molecule has 0 unspecified atom stereocenters. The molecule has 0 aromatic heterocycles. The van der Waals surface area contributed by atoms with Crippen LogP contribution in [0.15, 0.2) is 77.7 Å². The lowest BCUT2D eigenvalue weighted by Gasteiger charge is -2.26. The first-order valence-electron chi connectivity index (χ1n) is 10.1. The Hall–Kier alpha value is -3.03. The minimum absolute atomic E-state index is 0.0997. The molecule has 8 heteroatoms. The van der Waals surface area contributed by atoms with Gasteiger partial charge in [-0.05, 0) is 55.8 Å². The van der Waals surface area contributed by atoms with E-state index in [0.29, 0.717) is 22.0 Å². The number of rotatable bonds is 9. The first kappa shape index (κ1) is 23.6. The number of hydrogen-bond acceptors (Lipinski definition) is 4. The first-order chi connectivity index (χ1) is 15.3. The number of benzene rings is 3. The Kier molecular flexibility index (Phi) is 7.77. The van der Waals surface area contributed by atoms with E-state index in [1.54, 1.807) is 37.3 Å². The zero-order chi connectivity index (χ0) is 23.1. The number of ether oxygens (including phenoxy) is 1. The van der Waals surface area contributed by atoms with E-state index in [1.165, 1.54) is 12.1 Å². The number of carbonyl (C=O) groups is 1. The minimum Gasteiger partial charge on any atom is -0.492 e. The molecule has 168 valence electrons. The van der Waals surface area contributed by atoms with Crippen molar-refractivity contribution in [3.63, 3.8) is 0 Å². The predicted octanol–water partition coefficient (Wildman–Crippen LogP) is 4.35. The highest BCUT2D eigenvalue weighted by molar-refractivity contribution is 7.92. The van der Waals surface area contributed by atoms with Crippen LogP contribution in [0, 0.1) is 13.8 Å². The summed E-state index contributed by atoms with van der Waals surface area (Å²) in [7, 11) is -4.00. The summed E-state index contributed by atoms with van der Waals surface area (Å²) in [6.07, 6.45) is 0. The molecule has 3 rings (SSSR count). The van der Waals surface area contributed by atoms with Gasteiger partial charge in [0.05, 0.1) is 17.1 Å². The molecule has 3 aromatic carbocycles. The van der Waals surface area contributed by atoms with Crippen molar-refractivity contribution in [3.8, 4) is 5.75 Å². The van der Waals surface area contributed by atoms with E-state index in [9.17, 15) is 13.2 Å². The molecule has 0 fully saturated rings. The number of nitrogens with one attached hydrogen (secondary N) is 1. The second-order valence-corrected chi connectivity index (χ2v) is 9.57. The summed E-state index contributed by atoms with van der Waals surface area (Å²) in [6.45, 7) is 3.76. The zero-order valence-corrected chi connectivity index (χ0v) is 19.5. The van der Waals surface area contributed by atoms with Gasteiger partial charge >= 0.3 is 0 Å². The van der Waals surface area contributed by atoms with Gasteiger partial charge in [0.15, 0.2) is 0 Å². The Bertz CT molecular complexity index is 1170. The van der Waals surface area contributed by atoms with E-state index in [-0.39, 0.29) is 24.6 Å². The standard InChI is InChI=1S/C24H25ClN2O4S/c1-18-8-12-22(13-9-18)32(29,30)27(23-16-20(25)11-10-19(23)2)17-24(28)26-14-15-31-21-6-4-3-5-7-21/h3-13,16H,14-15,17H2,1-2H3,(H,26,28). The maximum absolute atomic E-state index is 13.4. The van der Waals surface area contributed by atoms with Gasteiger partial charge in [-0.15, -0.1) is 0 Å². The van der Waals surface area contributed by atoms with Crippen molar-refractivity contribution in [2.75, 3.05) is 24.0 Å². The molecule has 0 heterocycles. The van der Waals surface area contributed by atoms with Crippen LogP contribution in [0.3, 0.4) is 0 Å². The maximum atomic E-state index is 13.4. The molecule has 0 aliphatic carbocycles. The van der Waals surface area contributed by atoms with Crippen LogP contribution in [-0.4, -0.2) is 34.0 Å². The Morgan fingerprint density at radius 3 is 2.38 bits per heavy atom. The quantitative estimate of drug-likeness (QED) is 0.470. The molecule has 0 bridgehead atoms. The van der Waals surface area contributed by atoms with Gasteiger partial charge in [0.1, 0.15) is 18.9 Å². The minimum atomic E-state index is -4.00. The van der Waals surface area contributed by atoms with Crippen LogP contribution in [0.2, 0.25) is 5.02 Å². The van der Waals surface area contributed by atoms with Crippen molar-refractivity contribution in [2.24, 2.45) is 0 Å². The van der Waals surface area contributed by atoms with Crippen LogP contribution in [0.5, 0.6) is 5.75 Å². The van der Waals surface area contributed by atoms with E-state index >= 15 is 0 Å². The number of nitrogens with zero attached hydrogens (tertiary/aromatic N) is 1. The van der Waals surface area contributed by atoms with Crippen LogP contribution in [-0.2, 0) is 14.8 Å². The van der Waals surface area contributed by atoms with Crippen LogP contribution >= 0.6 is 11.6 Å². The summed E-state index contributed by atoms with van der Waals surface area (Å²) in [5.41, 5.74) is 1.98. The van der Waals surface area contributed by atoms with Crippen molar-refractivity contribution in [1.82, 2.24) is 5.32 Å². The Labute approximate surface area is 193 Å². The topological polar surface area (TPSA) is 75.7 Å². The van der Waals surface area contributed by atoms with E-state index in [1.807, 2.05) is 37.3 Å². The molecule has 0 aliphatic rings. The number of anilines is 1. The lowest BCUT2D eigenvalue weighted by atomic mass is 10.2. The van der Waals surface area contributed by atoms with E-state index in [4.69, 9.17) is 16.3 Å². The van der Waals surface area contributed by atoms with Gasteiger partial charge in [0.25, 0.3) is 10.0 Å². The number of halogens is 1. The number of amides is 1. The number of aryl methyl sites for hydroxylation is 2. The number of para-hydroxylation sites is 1. The third-order valence-electron chi connectivity index (χ3n) is 4.77. The number of hydrogen-bond donors (Lipinski definition) is 1. The van der Waals surface area contributed by atoms with Crippen LogP contribution in [0.25, 0.3) is 0 Å². The molecule has 6 nitrogen and oxygen atoms in total. The molecule has 0 radical (unpaired) electrons. The fraction of sp³-hybridized carbons (Fsp3) is 0.208. The van der Waals surface area contributed by atoms with Gasteiger partial charge in [-0.3, -0.25) is 9.10 Å². The fourth-order valence-corrected chi connectivity index (χ4v) is 4.69. The highest BCUT2D eigenvalue weighted by Gasteiger charge is 2.28. The summed E-state index contributed by atoms with van der Waals surface area (Å²) in [4.78, 5) is 12.8. The molecule has 0 spiro atoms. The van der Waals surface area contributed by atoms with Crippen LogP contribution in [0.1, 0.15) is 11.1 Å². The molecule has 0 saturated carbocycles. The molecule has 1 amide bonds. The van der Waals surface area contributed by atoms with Gasteiger partial charge in [0, 0.05) is 5.02 Å². The third kappa shape index (κ3) is 6.02. The normalized spacial score (nSPS) is 11.1. The SMILES string of the molecule is Cc1ccc(S(=O)(=O)N(CC(=O)NCCOc2ccccc2)c2cc(Cl)ccc2C)cc1. The largest absolute Gasteiger partial charge is 0.492 e. The number of carbonyl (C=O) groups excluding carboxylic acids is 1. The lowest BCUT2D eigenvalue weighted by Crippen LogP contribution is -2.42. The zero-order valence-electron chi connectivity index (χ0n) is 17.9. The van der Waals surface area contributed by atoms with E-state index in [2.05, 4.69) is 5.32 Å². The van der Waals surface area contributed by atoms with Crippen molar-refractivity contribution in [2.45, 2.75) is 18.7 Å². The smallest absolute Gasteiger partial charge is 0.264 e. The van der Waals surface area contributed by atoms with Gasteiger partial charge < -0.3 is 10.1 Å². The predicted molar refractivity (Wildman–Crippen MR) is 127 cm³/mol. The number of sulfonamides is 1. The summed E-state index contributed by atoms with van der Waals surface area (Å²) in [6, 6.07) is 20.7. The second kappa shape index (κ2) is 10.5. The molecule has 32 heavy (non-hydrogen) atoms. The van der Waals surface area contributed by atoms with Gasteiger partial charge in [-0.25, -0.2) is 8.42 Å². The van der Waals surface area contributed by atoms with Crippen molar-refractivity contribution in [1.29, 1.82) is 0 Å². The molecule has 3 aromatic rings. The summed E-state index contributed by atoms with van der Waals surface area (Å²) >= 11 is 6.14. The van der Waals surface area contributed by atoms with Crippen LogP contribution in [0.4, 0.5) is 5.69 Å². The molecule has 0 aliphatic heterocycles. The third-order valence-corrected chi connectivity index (χ3v) is 6.78. The Morgan fingerprint density at radius 1 is 1.00 bits per heavy atom. The average Bonchev–Trinajstić information content (AvgIpc) is 2.78. The second-order valence-electron chi connectivity index (χ2n) is 7.27. The molecule has 0 saturated heterocycles. The maximum Gasteiger partial charge on any atom is 0.264 e. The lowest BCUT2D eigenvalue weighted by molar-refractivity contribution is -0.119. The molecule has 1 N–H and O–H groups in total. The average molecular weight is 473 g/mol. The Balaban J connectivity index is 1.77. The van der Waals surface area contributed by atoms with E-state index < -0.39 is 15.9 Å². The highest BCUT2D eigenvalue weighted by atomic mass is 35.5. The van der Waals surface area contributed by atoms with E-state index in [0.717, 1.165) is 9.87 Å². The summed E-state index contributed by atoms with van der Waals surface area (Å²) < 4.78 is 33.5. The summed E-state index contributed by atoms with van der Waals surface area (Å²) in [5.74, 6) is 0.247. The van der Waals surface area contributed by atoms with Crippen molar-refractivity contribution in [3.05, 3.63) is 88.9 Å². The van der Waals surface area contributed by atoms with Gasteiger partial charge in [-0.1, -0.05) is 53.6 Å². The van der Waals surface area contributed by atoms with Crippen LogP contribution < -0.4 is 14.4 Å². The first-order valence-corrected chi connectivity index (χ1v) is 11.9. The van der Waals surface area contributed by atoms with Crippen molar-refractivity contribution >= 4 is 33.2 Å². The molecular weight excluding hydrogens is 448 g/mol. The monoisotopic (exact) mass is 472 g/mol. The Morgan fingerprint density at radius 2 is 1.69 bits per heavy atom. The van der Waals surface area contributed by atoms with Crippen molar-refractivity contribution < 1.29 is 17.9 Å². The summed E-state index contributed by atoms with van der Waals surface area (Å²) in [5, 5.41) is 3.10. The molecule has 0 atom stereocenters. The van der Waals surface area contributed by atoms with Gasteiger partial charge in [0.2, 0.25) is 5.91 Å². The fourth-order valence-electron chi connectivity index (χ4n) is 3.05. The molecular formula is C24H25ClN2O4S.